The van der Waals surface area contributed by atoms with Crippen molar-refractivity contribution in [3.8, 4) is 0 Å². The van der Waals surface area contributed by atoms with Gasteiger partial charge in [0.05, 0.1) is 25.9 Å². The van der Waals surface area contributed by atoms with Gasteiger partial charge >= 0.3 is 0 Å². The summed E-state index contributed by atoms with van der Waals surface area (Å²) in [6, 6.07) is 18.3. The number of aryl methyl sites for hydroxylation is 2. The van der Waals surface area contributed by atoms with E-state index in [0.29, 0.717) is 19.8 Å². The van der Waals surface area contributed by atoms with Crippen LogP contribution in [0, 0.1) is 23.7 Å². The van der Waals surface area contributed by atoms with Crippen molar-refractivity contribution in [1.82, 2.24) is 0 Å². The fourth-order valence-corrected chi connectivity index (χ4v) is 8.74. The monoisotopic (exact) mass is 673 g/mol. The summed E-state index contributed by atoms with van der Waals surface area (Å²) in [6.45, 7) is 8.69. The molecule has 1 atom stereocenters. The van der Waals surface area contributed by atoms with Gasteiger partial charge in [0.25, 0.3) is 0 Å². The molecule has 0 bridgehead atoms. The molecule has 0 heterocycles. The maximum atomic E-state index is 6.12. The van der Waals surface area contributed by atoms with Crippen LogP contribution in [-0.4, -0.2) is 12.7 Å². The highest BCUT2D eigenvalue weighted by molar-refractivity contribution is 5.23. The first-order valence-electron chi connectivity index (χ1n) is 21.5. The second-order valence-electron chi connectivity index (χ2n) is 16.5. The number of rotatable bonds is 25. The summed E-state index contributed by atoms with van der Waals surface area (Å²) in [7, 11) is 0. The van der Waals surface area contributed by atoms with Crippen LogP contribution in [0.15, 0.2) is 48.5 Å². The van der Waals surface area contributed by atoms with Crippen molar-refractivity contribution in [3.63, 3.8) is 0 Å². The molecule has 2 aromatic carbocycles. The van der Waals surface area contributed by atoms with Crippen LogP contribution in [0.2, 0.25) is 0 Å². The zero-order valence-electron chi connectivity index (χ0n) is 32.4. The molecule has 4 rings (SSSR count). The Bertz CT molecular complexity index is 1060. The Morgan fingerprint density at radius 3 is 1.20 bits per heavy atom. The van der Waals surface area contributed by atoms with Crippen molar-refractivity contribution >= 4 is 0 Å². The van der Waals surface area contributed by atoms with Crippen molar-refractivity contribution in [2.24, 2.45) is 23.7 Å². The Hall–Kier alpha value is -1.64. The van der Waals surface area contributed by atoms with Gasteiger partial charge in [-0.3, -0.25) is 0 Å². The first kappa shape index (κ1) is 40.1. The van der Waals surface area contributed by atoms with Gasteiger partial charge in [-0.15, -0.1) is 0 Å². The smallest absolute Gasteiger partial charge is 0.0785 e. The van der Waals surface area contributed by atoms with Gasteiger partial charge in [0.1, 0.15) is 0 Å². The van der Waals surface area contributed by atoms with Crippen LogP contribution in [0.1, 0.15) is 184 Å². The molecule has 0 aliphatic heterocycles. The zero-order valence-corrected chi connectivity index (χ0v) is 32.4. The van der Waals surface area contributed by atoms with E-state index in [1.807, 2.05) is 0 Å². The first-order valence-corrected chi connectivity index (χ1v) is 21.5. The average molecular weight is 673 g/mol. The summed E-state index contributed by atoms with van der Waals surface area (Å²) >= 11 is 0. The van der Waals surface area contributed by atoms with E-state index in [0.717, 1.165) is 23.7 Å². The Kier molecular flexibility index (Phi) is 20.1. The van der Waals surface area contributed by atoms with Gasteiger partial charge in [-0.2, -0.15) is 0 Å². The molecule has 276 valence electrons. The number of hydrogen-bond donors (Lipinski definition) is 0. The fourth-order valence-electron chi connectivity index (χ4n) is 8.74. The number of ether oxygens (including phenoxy) is 2. The quantitative estimate of drug-likeness (QED) is 0.0977. The second-order valence-corrected chi connectivity index (χ2v) is 16.5. The van der Waals surface area contributed by atoms with Crippen LogP contribution in [0.25, 0.3) is 0 Å². The van der Waals surface area contributed by atoms with Gasteiger partial charge in [-0.25, -0.2) is 0 Å². The maximum Gasteiger partial charge on any atom is 0.0785 e. The molecule has 2 aliphatic carbocycles. The van der Waals surface area contributed by atoms with Gasteiger partial charge in [0, 0.05) is 0 Å². The van der Waals surface area contributed by atoms with Gasteiger partial charge in [-0.1, -0.05) is 191 Å². The SMILES string of the molecule is CCCCCC1CCC(CCCCc2ccc(COCC(C)OCc3ccc(CCCCC4CCC(CCCCC)CC4)cc3)cc2)CC1. The van der Waals surface area contributed by atoms with Gasteiger partial charge < -0.3 is 9.47 Å². The van der Waals surface area contributed by atoms with Crippen molar-refractivity contribution in [3.05, 3.63) is 70.8 Å². The van der Waals surface area contributed by atoms with Crippen LogP contribution >= 0.6 is 0 Å². The van der Waals surface area contributed by atoms with Crippen LogP contribution < -0.4 is 0 Å². The van der Waals surface area contributed by atoms with Crippen molar-refractivity contribution in [1.29, 1.82) is 0 Å². The molecule has 2 aliphatic rings. The molecule has 1 unspecified atom stereocenters. The lowest BCUT2D eigenvalue weighted by molar-refractivity contribution is -0.0198. The highest BCUT2D eigenvalue weighted by atomic mass is 16.5. The standard InChI is InChI=1S/C47H76O2/c1-4-6-8-14-40-20-24-42(25-21-40)16-10-12-18-44-28-32-46(33-29-44)37-48-36-39(3)49-38-47-34-30-45(31-35-47)19-13-11-17-43-26-22-41(23-27-43)15-9-7-5-2/h28-35,39-43H,4-27,36-38H2,1-3H3. The molecule has 0 radical (unpaired) electrons. The van der Waals surface area contributed by atoms with Gasteiger partial charge in [0.2, 0.25) is 0 Å². The molecule has 2 heteroatoms. The molecule has 49 heavy (non-hydrogen) atoms. The fraction of sp³-hybridized carbons (Fsp3) is 0.745. The predicted molar refractivity (Wildman–Crippen MR) is 211 cm³/mol. The lowest BCUT2D eigenvalue weighted by atomic mass is 9.78. The van der Waals surface area contributed by atoms with Crippen LogP contribution in [0.4, 0.5) is 0 Å². The topological polar surface area (TPSA) is 18.5 Å². The van der Waals surface area contributed by atoms with E-state index in [-0.39, 0.29) is 6.10 Å². The largest absolute Gasteiger partial charge is 0.374 e. The summed E-state index contributed by atoms with van der Waals surface area (Å²) in [5.41, 5.74) is 5.45. The highest BCUT2D eigenvalue weighted by Gasteiger charge is 2.21. The van der Waals surface area contributed by atoms with Crippen LogP contribution in [0.5, 0.6) is 0 Å². The van der Waals surface area contributed by atoms with E-state index in [4.69, 9.17) is 9.47 Å². The van der Waals surface area contributed by atoms with E-state index in [9.17, 15) is 0 Å². The molecule has 2 saturated carbocycles. The Labute approximate surface area is 303 Å². The van der Waals surface area contributed by atoms with E-state index < -0.39 is 0 Å². The number of benzene rings is 2. The Morgan fingerprint density at radius 1 is 0.469 bits per heavy atom. The van der Waals surface area contributed by atoms with Crippen molar-refractivity contribution in [2.75, 3.05) is 6.61 Å². The minimum Gasteiger partial charge on any atom is -0.374 e. The molecule has 0 saturated heterocycles. The summed E-state index contributed by atoms with van der Waals surface area (Å²) < 4.78 is 12.2. The van der Waals surface area contributed by atoms with Crippen LogP contribution in [0.3, 0.4) is 0 Å². The van der Waals surface area contributed by atoms with E-state index in [1.54, 1.807) is 0 Å². The lowest BCUT2D eigenvalue weighted by Crippen LogP contribution is -2.15. The minimum atomic E-state index is 0.0847. The molecule has 0 N–H and O–H groups in total. The normalized spacial score (nSPS) is 21.9. The van der Waals surface area contributed by atoms with E-state index in [2.05, 4.69) is 69.3 Å². The third-order valence-electron chi connectivity index (χ3n) is 12.2. The van der Waals surface area contributed by atoms with Gasteiger partial charge in [0.15, 0.2) is 0 Å². The maximum absolute atomic E-state index is 6.12. The van der Waals surface area contributed by atoms with E-state index in [1.165, 1.54) is 176 Å². The third-order valence-corrected chi connectivity index (χ3v) is 12.2. The lowest BCUT2D eigenvalue weighted by Gasteiger charge is -2.28. The molecule has 0 aromatic heterocycles. The average Bonchev–Trinajstić information content (AvgIpc) is 3.13. The molecule has 2 nitrogen and oxygen atoms in total. The summed E-state index contributed by atoms with van der Waals surface area (Å²) in [4.78, 5) is 0. The molecule has 2 aromatic rings. The molecule has 0 spiro atoms. The Morgan fingerprint density at radius 2 is 0.816 bits per heavy atom. The Balaban J connectivity index is 0.977. The molecular formula is C47H76O2. The second kappa shape index (κ2) is 24.5. The zero-order chi connectivity index (χ0) is 34.4. The number of unbranched alkanes of at least 4 members (excludes halogenated alkanes) is 6. The summed E-state index contributed by atoms with van der Waals surface area (Å²) in [6.07, 6.45) is 34.2. The van der Waals surface area contributed by atoms with E-state index >= 15 is 0 Å². The van der Waals surface area contributed by atoms with Crippen molar-refractivity contribution in [2.45, 2.75) is 194 Å². The summed E-state index contributed by atoms with van der Waals surface area (Å²) in [5.74, 6) is 4.07. The number of hydrogen-bond acceptors (Lipinski definition) is 2. The first-order chi connectivity index (χ1) is 24.1. The molecule has 0 amide bonds. The highest BCUT2D eigenvalue weighted by Crippen LogP contribution is 2.35. The van der Waals surface area contributed by atoms with Crippen molar-refractivity contribution < 1.29 is 9.47 Å². The molecular weight excluding hydrogens is 597 g/mol. The third kappa shape index (κ3) is 17.0. The summed E-state index contributed by atoms with van der Waals surface area (Å²) in [5, 5.41) is 0. The minimum absolute atomic E-state index is 0.0847. The van der Waals surface area contributed by atoms with Gasteiger partial charge in [-0.05, 0) is 78.5 Å². The predicted octanol–water partition coefficient (Wildman–Crippen LogP) is 14.0. The van der Waals surface area contributed by atoms with Crippen LogP contribution in [-0.2, 0) is 35.5 Å². The molecule has 2 fully saturated rings.